The molecule has 0 aromatic carbocycles. The van der Waals surface area contributed by atoms with Gasteiger partial charge >= 0.3 is 0 Å². The van der Waals surface area contributed by atoms with Gasteiger partial charge in [-0.3, -0.25) is 0 Å². The standard InChI is InChI=1S/C12H17N3S/c1-9(2)5-13-6-11-7-14-12(15-11)10-3-4-16-8-10/h3-4,7-9,13H,5-6H2,1-2H3,(H,14,15). The Balaban J connectivity index is 1.93. The maximum Gasteiger partial charge on any atom is 0.138 e. The van der Waals surface area contributed by atoms with Crippen molar-refractivity contribution >= 4 is 11.3 Å². The van der Waals surface area contributed by atoms with Gasteiger partial charge in [-0.2, -0.15) is 11.3 Å². The van der Waals surface area contributed by atoms with Crippen molar-refractivity contribution in [2.75, 3.05) is 6.54 Å². The number of nitrogens with one attached hydrogen (secondary N) is 2. The lowest BCUT2D eigenvalue weighted by Gasteiger charge is -2.05. The van der Waals surface area contributed by atoms with E-state index in [0.717, 1.165) is 24.6 Å². The number of hydrogen-bond donors (Lipinski definition) is 2. The quantitative estimate of drug-likeness (QED) is 0.836. The van der Waals surface area contributed by atoms with Gasteiger partial charge in [0.25, 0.3) is 0 Å². The molecule has 0 spiro atoms. The molecule has 0 aliphatic carbocycles. The Bertz CT molecular complexity index is 417. The third-order valence-corrected chi connectivity index (χ3v) is 2.97. The summed E-state index contributed by atoms with van der Waals surface area (Å²) in [5, 5.41) is 7.56. The van der Waals surface area contributed by atoms with Gasteiger partial charge in [0.2, 0.25) is 0 Å². The van der Waals surface area contributed by atoms with Gasteiger partial charge in [-0.05, 0) is 23.9 Å². The molecule has 0 aliphatic heterocycles. The zero-order valence-corrected chi connectivity index (χ0v) is 10.5. The summed E-state index contributed by atoms with van der Waals surface area (Å²) < 4.78 is 0. The van der Waals surface area contributed by atoms with Crippen molar-refractivity contribution in [2.24, 2.45) is 5.92 Å². The molecule has 2 aromatic heterocycles. The van der Waals surface area contributed by atoms with E-state index in [1.807, 2.05) is 6.20 Å². The van der Waals surface area contributed by atoms with Crippen LogP contribution >= 0.6 is 11.3 Å². The molecule has 0 aliphatic rings. The fraction of sp³-hybridized carbons (Fsp3) is 0.417. The number of thiophene rings is 1. The van der Waals surface area contributed by atoms with E-state index in [-0.39, 0.29) is 0 Å². The lowest BCUT2D eigenvalue weighted by Crippen LogP contribution is -2.19. The maximum atomic E-state index is 4.37. The first-order valence-corrected chi connectivity index (χ1v) is 6.47. The highest BCUT2D eigenvalue weighted by molar-refractivity contribution is 7.08. The normalized spacial score (nSPS) is 11.2. The molecule has 86 valence electrons. The van der Waals surface area contributed by atoms with Crippen molar-refractivity contribution in [3.8, 4) is 11.4 Å². The van der Waals surface area contributed by atoms with E-state index in [0.29, 0.717) is 5.92 Å². The SMILES string of the molecule is CC(C)CNCc1cnc(-c2ccsc2)[nH]1. The average Bonchev–Trinajstić information content (AvgIpc) is 2.85. The molecule has 0 radical (unpaired) electrons. The summed E-state index contributed by atoms with van der Waals surface area (Å²) in [7, 11) is 0. The molecular weight excluding hydrogens is 218 g/mol. The van der Waals surface area contributed by atoms with Gasteiger partial charge in [-0.25, -0.2) is 4.98 Å². The van der Waals surface area contributed by atoms with Crippen molar-refractivity contribution in [3.63, 3.8) is 0 Å². The number of rotatable bonds is 5. The number of aromatic nitrogens is 2. The number of H-pyrrole nitrogens is 1. The maximum absolute atomic E-state index is 4.37. The summed E-state index contributed by atoms with van der Waals surface area (Å²) in [5.74, 6) is 1.64. The summed E-state index contributed by atoms with van der Waals surface area (Å²) in [6.07, 6.45) is 1.90. The van der Waals surface area contributed by atoms with Crippen LogP contribution in [0.1, 0.15) is 19.5 Å². The van der Waals surface area contributed by atoms with Crippen LogP contribution in [-0.4, -0.2) is 16.5 Å². The zero-order chi connectivity index (χ0) is 11.4. The minimum atomic E-state index is 0.680. The van der Waals surface area contributed by atoms with E-state index >= 15 is 0 Å². The first-order valence-electron chi connectivity index (χ1n) is 5.53. The predicted octanol–water partition coefficient (Wildman–Crippen LogP) is 2.88. The van der Waals surface area contributed by atoms with Crippen LogP contribution in [0.2, 0.25) is 0 Å². The van der Waals surface area contributed by atoms with Crippen molar-refractivity contribution in [2.45, 2.75) is 20.4 Å². The molecule has 4 heteroatoms. The molecule has 0 saturated heterocycles. The third kappa shape index (κ3) is 2.93. The van der Waals surface area contributed by atoms with Crippen molar-refractivity contribution in [1.82, 2.24) is 15.3 Å². The van der Waals surface area contributed by atoms with E-state index in [4.69, 9.17) is 0 Å². The topological polar surface area (TPSA) is 40.7 Å². The van der Waals surface area contributed by atoms with Crippen LogP contribution in [0.3, 0.4) is 0 Å². The Morgan fingerprint density at radius 2 is 2.38 bits per heavy atom. The summed E-state index contributed by atoms with van der Waals surface area (Å²) in [5.41, 5.74) is 2.31. The highest BCUT2D eigenvalue weighted by Crippen LogP contribution is 2.18. The fourth-order valence-corrected chi connectivity index (χ4v) is 2.13. The van der Waals surface area contributed by atoms with E-state index in [2.05, 4.69) is 46.0 Å². The summed E-state index contributed by atoms with van der Waals surface area (Å²) >= 11 is 1.69. The van der Waals surface area contributed by atoms with Gasteiger partial charge in [0.05, 0.1) is 0 Å². The van der Waals surface area contributed by atoms with Crippen LogP contribution in [-0.2, 0) is 6.54 Å². The monoisotopic (exact) mass is 235 g/mol. The van der Waals surface area contributed by atoms with Crippen LogP contribution in [0.15, 0.2) is 23.0 Å². The van der Waals surface area contributed by atoms with Crippen molar-refractivity contribution < 1.29 is 0 Å². The summed E-state index contributed by atoms with van der Waals surface area (Å²) in [6.45, 7) is 6.30. The van der Waals surface area contributed by atoms with E-state index in [1.54, 1.807) is 11.3 Å². The van der Waals surface area contributed by atoms with E-state index in [1.165, 1.54) is 5.56 Å². The Hall–Kier alpha value is -1.13. The average molecular weight is 235 g/mol. The minimum Gasteiger partial charge on any atom is -0.341 e. The lowest BCUT2D eigenvalue weighted by molar-refractivity contribution is 0.549. The van der Waals surface area contributed by atoms with Crippen LogP contribution in [0, 0.1) is 5.92 Å². The molecular formula is C12H17N3S. The molecule has 2 rings (SSSR count). The molecule has 3 nitrogen and oxygen atoms in total. The fourth-order valence-electron chi connectivity index (χ4n) is 1.49. The first-order chi connectivity index (χ1) is 7.75. The van der Waals surface area contributed by atoms with Gasteiger partial charge in [0.1, 0.15) is 5.82 Å². The molecule has 2 N–H and O–H groups in total. The largest absolute Gasteiger partial charge is 0.341 e. The third-order valence-electron chi connectivity index (χ3n) is 2.29. The lowest BCUT2D eigenvalue weighted by atomic mass is 10.2. The van der Waals surface area contributed by atoms with Crippen molar-refractivity contribution in [3.05, 3.63) is 28.7 Å². The molecule has 2 aromatic rings. The number of nitrogens with zero attached hydrogens (tertiary/aromatic N) is 1. The second-order valence-corrected chi connectivity index (χ2v) is 5.07. The summed E-state index contributed by atoms with van der Waals surface area (Å²) in [4.78, 5) is 7.69. The minimum absolute atomic E-state index is 0.680. The van der Waals surface area contributed by atoms with Crippen LogP contribution in [0.25, 0.3) is 11.4 Å². The Kier molecular flexibility index (Phi) is 3.74. The molecule has 0 bridgehead atoms. The highest BCUT2D eigenvalue weighted by Gasteiger charge is 2.03. The molecule has 0 saturated carbocycles. The Morgan fingerprint density at radius 3 is 3.06 bits per heavy atom. The second-order valence-electron chi connectivity index (χ2n) is 4.29. The van der Waals surface area contributed by atoms with Gasteiger partial charge in [-0.15, -0.1) is 0 Å². The van der Waals surface area contributed by atoms with E-state index < -0.39 is 0 Å². The molecule has 0 atom stereocenters. The second kappa shape index (κ2) is 5.27. The Labute approximate surface area is 99.9 Å². The van der Waals surface area contributed by atoms with Crippen LogP contribution in [0.5, 0.6) is 0 Å². The van der Waals surface area contributed by atoms with Crippen LogP contribution < -0.4 is 5.32 Å². The van der Waals surface area contributed by atoms with Crippen LogP contribution in [0.4, 0.5) is 0 Å². The number of hydrogen-bond acceptors (Lipinski definition) is 3. The molecule has 2 heterocycles. The van der Waals surface area contributed by atoms with E-state index in [9.17, 15) is 0 Å². The molecule has 0 amide bonds. The van der Waals surface area contributed by atoms with Gasteiger partial charge in [0, 0.05) is 29.4 Å². The smallest absolute Gasteiger partial charge is 0.138 e. The summed E-state index contributed by atoms with van der Waals surface area (Å²) in [6, 6.07) is 2.08. The zero-order valence-electron chi connectivity index (χ0n) is 9.66. The van der Waals surface area contributed by atoms with Gasteiger partial charge in [0.15, 0.2) is 0 Å². The Morgan fingerprint density at radius 1 is 1.50 bits per heavy atom. The molecule has 0 unspecified atom stereocenters. The molecule has 0 fully saturated rings. The molecule has 16 heavy (non-hydrogen) atoms. The first kappa shape index (κ1) is 11.4. The highest BCUT2D eigenvalue weighted by atomic mass is 32.1. The number of aromatic amines is 1. The predicted molar refractivity (Wildman–Crippen MR) is 68.4 cm³/mol. The van der Waals surface area contributed by atoms with Crippen molar-refractivity contribution in [1.29, 1.82) is 0 Å². The van der Waals surface area contributed by atoms with Gasteiger partial charge in [-0.1, -0.05) is 13.8 Å². The number of imidazole rings is 1. The van der Waals surface area contributed by atoms with Gasteiger partial charge < -0.3 is 10.3 Å².